The molecule has 0 amide bonds. The minimum atomic E-state index is -3.36. The van der Waals surface area contributed by atoms with Gasteiger partial charge in [-0.3, -0.25) is 0 Å². The summed E-state index contributed by atoms with van der Waals surface area (Å²) in [5.41, 5.74) is 5.70. The molecular formula is C13H25N3O3S2. The van der Waals surface area contributed by atoms with E-state index in [0.29, 0.717) is 30.5 Å². The van der Waals surface area contributed by atoms with E-state index in [9.17, 15) is 8.42 Å². The number of rotatable bonds is 10. The Morgan fingerprint density at radius 3 is 2.76 bits per heavy atom. The average molecular weight is 335 g/mol. The van der Waals surface area contributed by atoms with Crippen LogP contribution in [0.3, 0.4) is 0 Å². The Bertz CT molecular complexity index is 527. The third-order valence-electron chi connectivity index (χ3n) is 2.66. The molecule has 0 radical (unpaired) electrons. The van der Waals surface area contributed by atoms with Crippen LogP contribution in [0.15, 0.2) is 4.90 Å². The molecule has 0 saturated heterocycles. The van der Waals surface area contributed by atoms with Crippen molar-refractivity contribution in [2.45, 2.75) is 38.5 Å². The summed E-state index contributed by atoms with van der Waals surface area (Å²) in [7, 11) is -3.36. The van der Waals surface area contributed by atoms with E-state index in [1.165, 1.54) is 0 Å². The number of nitrogens with two attached hydrogens (primary N) is 1. The number of hydrogen-bond donors (Lipinski definition) is 2. The second-order valence-electron chi connectivity index (χ2n) is 5.29. The second kappa shape index (κ2) is 8.55. The number of nitrogen functional groups attached to an aromatic ring is 1. The van der Waals surface area contributed by atoms with Crippen molar-refractivity contribution in [1.29, 1.82) is 0 Å². The van der Waals surface area contributed by atoms with Crippen LogP contribution in [0.25, 0.3) is 0 Å². The highest BCUT2D eigenvalue weighted by molar-refractivity contribution is 7.91. The zero-order valence-corrected chi connectivity index (χ0v) is 14.5. The van der Waals surface area contributed by atoms with Gasteiger partial charge >= 0.3 is 0 Å². The number of sulfone groups is 1. The molecule has 0 atom stereocenters. The van der Waals surface area contributed by atoms with Gasteiger partial charge in [-0.1, -0.05) is 20.8 Å². The maximum absolute atomic E-state index is 12.2. The smallest absolute Gasteiger partial charge is 0.185 e. The summed E-state index contributed by atoms with van der Waals surface area (Å²) in [6, 6.07) is 0. The van der Waals surface area contributed by atoms with Gasteiger partial charge in [-0.15, -0.1) is 0 Å². The lowest BCUT2D eigenvalue weighted by molar-refractivity contribution is 0.110. The summed E-state index contributed by atoms with van der Waals surface area (Å²) in [5, 5.41) is 3.64. The van der Waals surface area contributed by atoms with Crippen molar-refractivity contribution in [2.75, 3.05) is 36.6 Å². The number of aromatic nitrogens is 1. The molecule has 21 heavy (non-hydrogen) atoms. The number of hydrogen-bond acceptors (Lipinski definition) is 7. The van der Waals surface area contributed by atoms with Gasteiger partial charge in [-0.05, 0) is 30.3 Å². The average Bonchev–Trinajstić information content (AvgIpc) is 2.75. The van der Waals surface area contributed by atoms with Crippen LogP contribution in [0.1, 0.15) is 33.6 Å². The first-order chi connectivity index (χ1) is 9.88. The monoisotopic (exact) mass is 335 g/mol. The van der Waals surface area contributed by atoms with Crippen molar-refractivity contribution >= 4 is 32.2 Å². The van der Waals surface area contributed by atoms with Gasteiger partial charge in [-0.2, -0.15) is 4.37 Å². The van der Waals surface area contributed by atoms with Gasteiger partial charge in [0.1, 0.15) is 9.90 Å². The zero-order valence-electron chi connectivity index (χ0n) is 12.9. The molecule has 1 aromatic rings. The Balaban J connectivity index is 2.53. The first-order valence-electron chi connectivity index (χ1n) is 7.18. The number of anilines is 2. The van der Waals surface area contributed by atoms with Crippen LogP contribution in [0.2, 0.25) is 0 Å². The molecule has 0 saturated carbocycles. The maximum Gasteiger partial charge on any atom is 0.185 e. The molecule has 1 rings (SSSR count). The molecule has 0 aliphatic heterocycles. The molecule has 8 heteroatoms. The lowest BCUT2D eigenvalue weighted by Gasteiger charge is -2.09. The van der Waals surface area contributed by atoms with Crippen LogP contribution < -0.4 is 11.1 Å². The van der Waals surface area contributed by atoms with E-state index in [-0.39, 0.29) is 16.5 Å². The highest BCUT2D eigenvalue weighted by Crippen LogP contribution is 2.32. The minimum absolute atomic E-state index is 0.0851. The summed E-state index contributed by atoms with van der Waals surface area (Å²) < 4.78 is 33.8. The third kappa shape index (κ3) is 5.80. The van der Waals surface area contributed by atoms with Crippen LogP contribution in [-0.4, -0.2) is 38.3 Å². The Labute approximate surface area is 131 Å². The van der Waals surface area contributed by atoms with Gasteiger partial charge < -0.3 is 15.8 Å². The predicted molar refractivity (Wildman–Crippen MR) is 87.6 cm³/mol. The van der Waals surface area contributed by atoms with E-state index in [1.807, 2.05) is 6.92 Å². The van der Waals surface area contributed by atoms with Gasteiger partial charge in [0.2, 0.25) is 0 Å². The first kappa shape index (κ1) is 18.2. The fourth-order valence-corrected chi connectivity index (χ4v) is 4.42. The van der Waals surface area contributed by atoms with E-state index in [2.05, 4.69) is 23.5 Å². The van der Waals surface area contributed by atoms with Crippen molar-refractivity contribution < 1.29 is 13.2 Å². The lowest BCUT2D eigenvalue weighted by Crippen LogP contribution is -2.12. The molecule has 0 aliphatic rings. The largest absolute Gasteiger partial charge is 0.382 e. The maximum atomic E-state index is 12.2. The van der Waals surface area contributed by atoms with Gasteiger partial charge in [-0.25, -0.2) is 8.42 Å². The van der Waals surface area contributed by atoms with Crippen molar-refractivity contribution in [3.63, 3.8) is 0 Å². The topological polar surface area (TPSA) is 94.3 Å². The van der Waals surface area contributed by atoms with Gasteiger partial charge in [0.15, 0.2) is 15.7 Å². The van der Waals surface area contributed by atoms with Gasteiger partial charge in [0, 0.05) is 19.8 Å². The molecule has 0 unspecified atom stereocenters. The van der Waals surface area contributed by atoms with Crippen molar-refractivity contribution in [3.05, 3.63) is 0 Å². The SMILES string of the molecule is CCCS(=O)(=O)c1c(N)nsc1NCCCOCC(C)C. The first-order valence-corrected chi connectivity index (χ1v) is 9.60. The fraction of sp³-hybridized carbons (Fsp3) is 0.769. The normalized spacial score (nSPS) is 12.0. The Morgan fingerprint density at radius 1 is 1.43 bits per heavy atom. The van der Waals surface area contributed by atoms with E-state index >= 15 is 0 Å². The van der Waals surface area contributed by atoms with E-state index < -0.39 is 9.84 Å². The molecule has 122 valence electrons. The van der Waals surface area contributed by atoms with E-state index in [0.717, 1.165) is 24.6 Å². The fourth-order valence-electron chi connectivity index (χ4n) is 1.77. The molecular weight excluding hydrogens is 310 g/mol. The van der Waals surface area contributed by atoms with Crippen LogP contribution in [0.5, 0.6) is 0 Å². The van der Waals surface area contributed by atoms with Gasteiger partial charge in [0.25, 0.3) is 0 Å². The molecule has 6 nitrogen and oxygen atoms in total. The number of nitrogens with zero attached hydrogens (tertiary/aromatic N) is 1. The summed E-state index contributed by atoms with van der Waals surface area (Å²) in [5.74, 6) is 0.693. The predicted octanol–water partition coefficient (Wildman–Crippen LogP) is 2.38. The highest BCUT2D eigenvalue weighted by Gasteiger charge is 2.24. The lowest BCUT2D eigenvalue weighted by atomic mass is 10.2. The Kier molecular flexibility index (Phi) is 7.41. The second-order valence-corrected chi connectivity index (χ2v) is 8.11. The summed E-state index contributed by atoms with van der Waals surface area (Å²) in [6.45, 7) is 8.05. The summed E-state index contributed by atoms with van der Waals surface area (Å²) in [6.07, 6.45) is 1.36. The van der Waals surface area contributed by atoms with Crippen LogP contribution in [-0.2, 0) is 14.6 Å². The van der Waals surface area contributed by atoms with Crippen molar-refractivity contribution in [2.24, 2.45) is 5.92 Å². The Hall–Kier alpha value is -0.860. The molecule has 0 spiro atoms. The molecule has 3 N–H and O–H groups in total. The molecule has 0 aliphatic carbocycles. The number of nitrogens with one attached hydrogen (secondary N) is 1. The molecule has 0 fully saturated rings. The zero-order chi connectivity index (χ0) is 15.9. The van der Waals surface area contributed by atoms with Crippen molar-refractivity contribution in [3.8, 4) is 0 Å². The van der Waals surface area contributed by atoms with Crippen LogP contribution in [0, 0.1) is 5.92 Å². The quantitative estimate of drug-likeness (QED) is 0.638. The van der Waals surface area contributed by atoms with Crippen molar-refractivity contribution in [1.82, 2.24) is 4.37 Å². The van der Waals surface area contributed by atoms with Crippen LogP contribution in [0.4, 0.5) is 10.8 Å². The molecule has 1 heterocycles. The molecule has 1 aromatic heterocycles. The van der Waals surface area contributed by atoms with E-state index in [1.54, 1.807) is 0 Å². The molecule has 0 aromatic carbocycles. The Morgan fingerprint density at radius 2 is 2.14 bits per heavy atom. The van der Waals surface area contributed by atoms with Crippen LogP contribution >= 0.6 is 11.5 Å². The summed E-state index contributed by atoms with van der Waals surface area (Å²) >= 11 is 1.09. The highest BCUT2D eigenvalue weighted by atomic mass is 32.2. The summed E-state index contributed by atoms with van der Waals surface area (Å²) in [4.78, 5) is 0.150. The standard InChI is InChI=1S/C13H25N3O3S2/c1-4-8-21(17,18)11-12(14)16-20-13(11)15-6-5-7-19-9-10(2)3/h10,15H,4-9H2,1-3H3,(H2,14,16). The van der Waals surface area contributed by atoms with Gasteiger partial charge in [0.05, 0.1) is 5.75 Å². The third-order valence-corrected chi connectivity index (χ3v) is 5.59. The minimum Gasteiger partial charge on any atom is -0.382 e. The molecule has 0 bridgehead atoms. The number of ether oxygens (including phenoxy) is 1. The van der Waals surface area contributed by atoms with E-state index in [4.69, 9.17) is 10.5 Å².